The lowest BCUT2D eigenvalue weighted by atomic mass is 10.0. The highest BCUT2D eigenvalue weighted by atomic mass is 16.6. The first-order chi connectivity index (χ1) is 7.83. The van der Waals surface area contributed by atoms with Gasteiger partial charge in [0.05, 0.1) is 18.8 Å². The van der Waals surface area contributed by atoms with Crippen molar-refractivity contribution in [2.75, 3.05) is 6.61 Å². The summed E-state index contributed by atoms with van der Waals surface area (Å²) >= 11 is 0. The van der Waals surface area contributed by atoms with Crippen LogP contribution in [0, 0.1) is 0 Å². The third-order valence-corrected chi connectivity index (χ3v) is 3.34. The van der Waals surface area contributed by atoms with Gasteiger partial charge < -0.3 is 9.84 Å². The van der Waals surface area contributed by atoms with Crippen molar-refractivity contribution < 1.29 is 9.84 Å². The number of aliphatic hydroxyl groups excluding tert-OH is 1. The van der Waals surface area contributed by atoms with Crippen LogP contribution < -0.4 is 0 Å². The van der Waals surface area contributed by atoms with Gasteiger partial charge in [-0.25, -0.2) is 0 Å². The lowest BCUT2D eigenvalue weighted by Crippen LogP contribution is -2.04. The van der Waals surface area contributed by atoms with Gasteiger partial charge in [0.2, 0.25) is 0 Å². The van der Waals surface area contributed by atoms with E-state index in [1.54, 1.807) is 0 Å². The van der Waals surface area contributed by atoms with Crippen LogP contribution in [0.15, 0.2) is 0 Å². The number of aliphatic hydroxyl groups is 1. The van der Waals surface area contributed by atoms with Crippen molar-refractivity contribution in [3.63, 3.8) is 0 Å². The van der Waals surface area contributed by atoms with Crippen LogP contribution in [-0.4, -0.2) is 23.9 Å². The van der Waals surface area contributed by atoms with E-state index in [0.717, 1.165) is 25.9 Å². The van der Waals surface area contributed by atoms with E-state index < -0.39 is 0 Å². The minimum absolute atomic E-state index is 0.0444. The number of hydrogen-bond acceptors (Lipinski definition) is 2. The van der Waals surface area contributed by atoms with Crippen LogP contribution in [0.2, 0.25) is 0 Å². The molecule has 0 saturated carbocycles. The summed E-state index contributed by atoms with van der Waals surface area (Å²) in [5.41, 5.74) is 0. The quantitative estimate of drug-likeness (QED) is 0.432. The number of hydrogen-bond donors (Lipinski definition) is 1. The van der Waals surface area contributed by atoms with Crippen LogP contribution in [0.3, 0.4) is 0 Å². The summed E-state index contributed by atoms with van der Waals surface area (Å²) < 4.78 is 5.18. The second-order valence-corrected chi connectivity index (χ2v) is 5.10. The maximum Gasteiger partial charge on any atom is 0.0810 e. The monoisotopic (exact) mass is 228 g/mol. The van der Waals surface area contributed by atoms with Crippen molar-refractivity contribution in [1.82, 2.24) is 0 Å². The first-order valence-electron chi connectivity index (χ1n) is 7.12. The molecule has 0 spiro atoms. The minimum Gasteiger partial charge on any atom is -0.393 e. The molecule has 0 bridgehead atoms. The zero-order valence-corrected chi connectivity index (χ0v) is 10.8. The van der Waals surface area contributed by atoms with E-state index in [-0.39, 0.29) is 6.10 Å². The van der Waals surface area contributed by atoms with Gasteiger partial charge in [-0.3, -0.25) is 0 Å². The SMILES string of the molecule is CCCC(O)CCCCCCCCC1CO1. The molecule has 0 aromatic heterocycles. The van der Waals surface area contributed by atoms with Crippen molar-refractivity contribution in [3.8, 4) is 0 Å². The Labute approximate surface area is 100 Å². The molecule has 0 aromatic rings. The molecule has 1 fully saturated rings. The Morgan fingerprint density at radius 3 is 2.31 bits per heavy atom. The fourth-order valence-corrected chi connectivity index (χ4v) is 2.17. The molecular weight excluding hydrogens is 200 g/mol. The van der Waals surface area contributed by atoms with Gasteiger partial charge in [-0.1, -0.05) is 51.9 Å². The molecular formula is C14H28O2. The van der Waals surface area contributed by atoms with Crippen molar-refractivity contribution in [1.29, 1.82) is 0 Å². The van der Waals surface area contributed by atoms with Gasteiger partial charge in [0, 0.05) is 0 Å². The Morgan fingerprint density at radius 1 is 1.06 bits per heavy atom. The van der Waals surface area contributed by atoms with Gasteiger partial charge in [-0.05, 0) is 19.3 Å². The molecule has 0 aliphatic carbocycles. The predicted molar refractivity (Wildman–Crippen MR) is 67.6 cm³/mol. The molecule has 2 heteroatoms. The summed E-state index contributed by atoms with van der Waals surface area (Å²) in [5.74, 6) is 0. The largest absolute Gasteiger partial charge is 0.393 e. The molecule has 0 aromatic carbocycles. The highest BCUT2D eigenvalue weighted by Crippen LogP contribution is 2.18. The molecule has 1 saturated heterocycles. The maximum absolute atomic E-state index is 9.54. The van der Waals surface area contributed by atoms with Gasteiger partial charge in [0.1, 0.15) is 0 Å². The average molecular weight is 228 g/mol. The molecule has 0 radical (unpaired) electrons. The van der Waals surface area contributed by atoms with Crippen molar-refractivity contribution in [2.24, 2.45) is 0 Å². The van der Waals surface area contributed by atoms with Crippen LogP contribution in [-0.2, 0) is 4.74 Å². The first kappa shape index (κ1) is 14.0. The lowest BCUT2D eigenvalue weighted by Gasteiger charge is -2.08. The molecule has 2 atom stereocenters. The van der Waals surface area contributed by atoms with E-state index in [1.807, 2.05) is 0 Å². The Kier molecular flexibility index (Phi) is 7.87. The average Bonchev–Trinajstić information content (AvgIpc) is 3.06. The molecule has 1 rings (SSSR count). The number of rotatable bonds is 11. The standard InChI is InChI=1S/C14H28O2/c1-2-9-13(15)10-7-5-3-4-6-8-11-14-12-16-14/h13-15H,2-12H2,1H3. The van der Waals surface area contributed by atoms with Gasteiger partial charge in [-0.15, -0.1) is 0 Å². The van der Waals surface area contributed by atoms with Crippen LogP contribution in [0.1, 0.15) is 71.1 Å². The normalized spacial score (nSPS) is 21.0. The lowest BCUT2D eigenvalue weighted by molar-refractivity contribution is 0.150. The fraction of sp³-hybridized carbons (Fsp3) is 1.00. The zero-order valence-electron chi connectivity index (χ0n) is 10.8. The summed E-state index contributed by atoms with van der Waals surface area (Å²) in [6.07, 6.45) is 12.8. The van der Waals surface area contributed by atoms with E-state index in [0.29, 0.717) is 6.10 Å². The molecule has 16 heavy (non-hydrogen) atoms. The Hall–Kier alpha value is -0.0800. The molecule has 1 heterocycles. The Balaban J connectivity index is 1.70. The predicted octanol–water partition coefficient (Wildman–Crippen LogP) is 3.67. The number of epoxide rings is 1. The highest BCUT2D eigenvalue weighted by molar-refractivity contribution is 4.68. The third-order valence-electron chi connectivity index (χ3n) is 3.34. The molecule has 1 aliphatic heterocycles. The Bertz CT molecular complexity index is 155. The van der Waals surface area contributed by atoms with E-state index >= 15 is 0 Å². The topological polar surface area (TPSA) is 32.8 Å². The summed E-state index contributed by atoms with van der Waals surface area (Å²) in [4.78, 5) is 0. The van der Waals surface area contributed by atoms with E-state index in [4.69, 9.17) is 4.74 Å². The smallest absolute Gasteiger partial charge is 0.0810 e. The van der Waals surface area contributed by atoms with Crippen LogP contribution in [0.4, 0.5) is 0 Å². The maximum atomic E-state index is 9.54. The number of unbranched alkanes of at least 4 members (excludes halogenated alkanes) is 5. The highest BCUT2D eigenvalue weighted by Gasteiger charge is 2.20. The van der Waals surface area contributed by atoms with E-state index in [2.05, 4.69) is 6.92 Å². The van der Waals surface area contributed by atoms with Crippen LogP contribution in [0.25, 0.3) is 0 Å². The van der Waals surface area contributed by atoms with Gasteiger partial charge >= 0.3 is 0 Å². The molecule has 2 nitrogen and oxygen atoms in total. The van der Waals surface area contributed by atoms with Crippen LogP contribution >= 0.6 is 0 Å². The second kappa shape index (κ2) is 9.00. The molecule has 1 N–H and O–H groups in total. The third kappa shape index (κ3) is 8.12. The first-order valence-corrected chi connectivity index (χ1v) is 7.12. The summed E-state index contributed by atoms with van der Waals surface area (Å²) in [6, 6.07) is 0. The summed E-state index contributed by atoms with van der Waals surface area (Å²) in [6.45, 7) is 3.14. The van der Waals surface area contributed by atoms with Gasteiger partial charge in [0.15, 0.2) is 0 Å². The summed E-state index contributed by atoms with van der Waals surface area (Å²) in [7, 11) is 0. The molecule has 0 amide bonds. The van der Waals surface area contributed by atoms with E-state index in [9.17, 15) is 5.11 Å². The molecule has 1 aliphatic rings. The second-order valence-electron chi connectivity index (χ2n) is 5.10. The molecule has 2 unspecified atom stereocenters. The van der Waals surface area contributed by atoms with Crippen molar-refractivity contribution >= 4 is 0 Å². The van der Waals surface area contributed by atoms with Crippen LogP contribution in [0.5, 0.6) is 0 Å². The van der Waals surface area contributed by atoms with Gasteiger partial charge in [-0.2, -0.15) is 0 Å². The Morgan fingerprint density at radius 2 is 1.69 bits per heavy atom. The summed E-state index contributed by atoms with van der Waals surface area (Å²) in [5, 5.41) is 9.54. The van der Waals surface area contributed by atoms with Gasteiger partial charge in [0.25, 0.3) is 0 Å². The molecule has 96 valence electrons. The number of ether oxygens (including phenoxy) is 1. The minimum atomic E-state index is -0.0444. The van der Waals surface area contributed by atoms with Crippen molar-refractivity contribution in [3.05, 3.63) is 0 Å². The van der Waals surface area contributed by atoms with Crippen molar-refractivity contribution in [2.45, 2.75) is 83.3 Å². The zero-order chi connectivity index (χ0) is 11.6. The van der Waals surface area contributed by atoms with E-state index in [1.165, 1.54) is 44.9 Å². The fourth-order valence-electron chi connectivity index (χ4n) is 2.17.